The number of para-hydroxylation sites is 2. The van der Waals surface area contributed by atoms with Crippen molar-refractivity contribution < 1.29 is 27.4 Å². The number of rotatable bonds is 8. The maximum Gasteiger partial charge on any atom is 0.264 e. The number of fused-ring (bicyclic) bond motifs is 1. The highest BCUT2D eigenvalue weighted by Gasteiger charge is 2.37. The third-order valence-corrected chi connectivity index (χ3v) is 7.16. The zero-order valence-electron chi connectivity index (χ0n) is 18.9. The highest BCUT2D eigenvalue weighted by atomic mass is 32.2. The third kappa shape index (κ3) is 5.09. The van der Waals surface area contributed by atoms with E-state index in [1.165, 1.54) is 4.31 Å². The summed E-state index contributed by atoms with van der Waals surface area (Å²) in [5.74, 6) is 1.28. The van der Waals surface area contributed by atoms with Gasteiger partial charge in [-0.1, -0.05) is 29.8 Å². The highest BCUT2D eigenvalue weighted by Crippen LogP contribution is 2.36. The summed E-state index contributed by atoms with van der Waals surface area (Å²) in [4.78, 5) is 13.0. The van der Waals surface area contributed by atoms with Gasteiger partial charge in [0.2, 0.25) is 0 Å². The largest absolute Gasteiger partial charge is 0.497 e. The van der Waals surface area contributed by atoms with Crippen LogP contribution in [0.4, 0.5) is 5.69 Å². The molecule has 0 unspecified atom stereocenters. The molecule has 0 aliphatic carbocycles. The molecule has 178 valence electrons. The number of hydrogen-bond acceptors (Lipinski definition) is 6. The van der Waals surface area contributed by atoms with Crippen molar-refractivity contribution in [3.8, 4) is 17.2 Å². The second kappa shape index (κ2) is 10.0. The molecule has 0 bridgehead atoms. The minimum atomic E-state index is -3.89. The van der Waals surface area contributed by atoms with Crippen molar-refractivity contribution in [2.45, 2.75) is 17.9 Å². The zero-order chi connectivity index (χ0) is 24.1. The van der Waals surface area contributed by atoms with Gasteiger partial charge in [0.25, 0.3) is 15.9 Å². The molecule has 0 saturated heterocycles. The Morgan fingerprint density at radius 2 is 1.71 bits per heavy atom. The Bertz CT molecular complexity index is 1240. The van der Waals surface area contributed by atoms with Crippen LogP contribution in [0, 0.1) is 6.92 Å². The van der Waals surface area contributed by atoms with E-state index in [0.29, 0.717) is 17.2 Å². The molecule has 1 atom stereocenters. The van der Waals surface area contributed by atoms with Gasteiger partial charge in [-0.2, -0.15) is 0 Å². The van der Waals surface area contributed by atoms with E-state index in [1.54, 1.807) is 79.9 Å². The lowest BCUT2D eigenvalue weighted by Gasteiger charge is -2.34. The van der Waals surface area contributed by atoms with Gasteiger partial charge in [0.15, 0.2) is 6.10 Å². The first-order valence-corrected chi connectivity index (χ1v) is 12.2. The smallest absolute Gasteiger partial charge is 0.264 e. The van der Waals surface area contributed by atoms with E-state index in [9.17, 15) is 13.2 Å². The fraction of sp³-hybridized carbons (Fsp3) is 0.240. The van der Waals surface area contributed by atoms with Gasteiger partial charge >= 0.3 is 0 Å². The van der Waals surface area contributed by atoms with E-state index < -0.39 is 22.0 Å². The fourth-order valence-corrected chi connectivity index (χ4v) is 5.01. The molecule has 1 heterocycles. The molecule has 0 fully saturated rings. The standard InChI is InChI=1S/C25H26N2O6S/c1-18-7-13-21(14-8-18)34(29,30)27-17-24(33-23-6-4-3-5-22(23)27)25(28)26-15-16-32-20-11-9-19(31-2)10-12-20/h3-14,24H,15-17H2,1-2H3,(H,26,28)/t24-/m0/s1. The van der Waals surface area contributed by atoms with Crippen molar-refractivity contribution in [3.63, 3.8) is 0 Å². The Morgan fingerprint density at radius 3 is 2.41 bits per heavy atom. The van der Waals surface area contributed by atoms with E-state index in [0.717, 1.165) is 11.3 Å². The van der Waals surface area contributed by atoms with Gasteiger partial charge in [-0.3, -0.25) is 9.10 Å². The van der Waals surface area contributed by atoms with Crippen molar-refractivity contribution in [2.75, 3.05) is 31.1 Å². The van der Waals surface area contributed by atoms with Crippen LogP contribution in [0.2, 0.25) is 0 Å². The minimum Gasteiger partial charge on any atom is -0.497 e. The molecule has 3 aromatic rings. The van der Waals surface area contributed by atoms with E-state index in [2.05, 4.69) is 5.32 Å². The average molecular weight is 483 g/mol. The van der Waals surface area contributed by atoms with Crippen LogP contribution in [0.3, 0.4) is 0 Å². The molecule has 0 aromatic heterocycles. The molecule has 4 rings (SSSR count). The summed E-state index contributed by atoms with van der Waals surface area (Å²) in [7, 11) is -2.30. The molecule has 0 radical (unpaired) electrons. The van der Waals surface area contributed by atoms with Crippen LogP contribution < -0.4 is 23.8 Å². The number of nitrogens with zero attached hydrogens (tertiary/aromatic N) is 1. The predicted molar refractivity (Wildman–Crippen MR) is 128 cm³/mol. The molecule has 1 aliphatic heterocycles. The number of sulfonamides is 1. The Morgan fingerprint density at radius 1 is 1.03 bits per heavy atom. The molecule has 9 heteroatoms. The van der Waals surface area contributed by atoms with Crippen molar-refractivity contribution in [1.29, 1.82) is 0 Å². The second-order valence-corrected chi connectivity index (χ2v) is 9.60. The lowest BCUT2D eigenvalue weighted by Crippen LogP contribution is -2.51. The normalized spacial score (nSPS) is 15.1. The number of benzene rings is 3. The highest BCUT2D eigenvalue weighted by molar-refractivity contribution is 7.92. The van der Waals surface area contributed by atoms with Crippen molar-refractivity contribution in [3.05, 3.63) is 78.4 Å². The Hall–Kier alpha value is -3.72. The molecular formula is C25H26N2O6S. The maximum atomic E-state index is 13.4. The Labute approximate surface area is 199 Å². The lowest BCUT2D eigenvalue weighted by molar-refractivity contribution is -0.127. The number of amides is 1. The molecular weight excluding hydrogens is 456 g/mol. The van der Waals surface area contributed by atoms with Crippen LogP contribution in [0.5, 0.6) is 17.2 Å². The fourth-order valence-electron chi connectivity index (χ4n) is 3.53. The van der Waals surface area contributed by atoms with E-state index in [-0.39, 0.29) is 24.6 Å². The zero-order valence-corrected chi connectivity index (χ0v) is 19.7. The quantitative estimate of drug-likeness (QED) is 0.496. The van der Waals surface area contributed by atoms with Gasteiger partial charge in [0, 0.05) is 0 Å². The molecule has 0 saturated carbocycles. The van der Waals surface area contributed by atoms with Crippen molar-refractivity contribution in [2.24, 2.45) is 0 Å². The maximum absolute atomic E-state index is 13.4. The summed E-state index contributed by atoms with van der Waals surface area (Å²) in [6, 6.07) is 20.5. The monoisotopic (exact) mass is 482 g/mol. The SMILES string of the molecule is COc1ccc(OCCNC(=O)[C@@H]2CN(S(=O)(=O)c3ccc(C)cc3)c3ccccc3O2)cc1. The predicted octanol–water partition coefficient (Wildman–Crippen LogP) is 3.16. The lowest BCUT2D eigenvalue weighted by atomic mass is 10.2. The molecule has 34 heavy (non-hydrogen) atoms. The number of hydrogen-bond donors (Lipinski definition) is 1. The van der Waals surface area contributed by atoms with E-state index >= 15 is 0 Å². The van der Waals surface area contributed by atoms with Gasteiger partial charge in [-0.05, 0) is 55.5 Å². The summed E-state index contributed by atoms with van der Waals surface area (Å²) >= 11 is 0. The van der Waals surface area contributed by atoms with Gasteiger partial charge in [0.05, 0.1) is 30.8 Å². The summed E-state index contributed by atoms with van der Waals surface area (Å²) in [5, 5.41) is 2.76. The number of carbonyl (C=O) groups excluding carboxylic acids is 1. The third-order valence-electron chi connectivity index (χ3n) is 5.37. The molecule has 0 spiro atoms. The first kappa shape index (κ1) is 23.4. The number of carbonyl (C=O) groups is 1. The van der Waals surface area contributed by atoms with Crippen LogP contribution in [-0.4, -0.2) is 47.2 Å². The number of methoxy groups -OCH3 is 1. The van der Waals surface area contributed by atoms with E-state index in [4.69, 9.17) is 14.2 Å². The first-order valence-electron chi connectivity index (χ1n) is 10.8. The summed E-state index contributed by atoms with van der Waals surface area (Å²) in [5.41, 5.74) is 1.35. The molecule has 3 aromatic carbocycles. The summed E-state index contributed by atoms with van der Waals surface area (Å²) < 4.78 is 44.6. The van der Waals surface area contributed by atoms with Crippen molar-refractivity contribution in [1.82, 2.24) is 5.32 Å². The van der Waals surface area contributed by atoms with Crippen LogP contribution in [0.1, 0.15) is 5.56 Å². The van der Waals surface area contributed by atoms with Gasteiger partial charge in [-0.25, -0.2) is 8.42 Å². The number of nitrogens with one attached hydrogen (secondary N) is 1. The van der Waals surface area contributed by atoms with Crippen LogP contribution in [0.15, 0.2) is 77.7 Å². The first-order chi connectivity index (χ1) is 16.4. The van der Waals surface area contributed by atoms with E-state index in [1.807, 2.05) is 6.92 Å². The Balaban J connectivity index is 1.43. The van der Waals surface area contributed by atoms with Gasteiger partial charge in [0.1, 0.15) is 23.9 Å². The minimum absolute atomic E-state index is 0.140. The number of ether oxygens (including phenoxy) is 3. The van der Waals surface area contributed by atoms with Crippen LogP contribution >= 0.6 is 0 Å². The number of aryl methyl sites for hydroxylation is 1. The number of anilines is 1. The van der Waals surface area contributed by atoms with Crippen molar-refractivity contribution >= 4 is 21.6 Å². The van der Waals surface area contributed by atoms with Gasteiger partial charge < -0.3 is 19.5 Å². The molecule has 1 N–H and O–H groups in total. The summed E-state index contributed by atoms with van der Waals surface area (Å²) in [6.45, 7) is 2.22. The molecule has 1 aliphatic rings. The van der Waals surface area contributed by atoms with Crippen LogP contribution in [0.25, 0.3) is 0 Å². The Kier molecular flexibility index (Phi) is 6.93. The average Bonchev–Trinajstić information content (AvgIpc) is 2.86. The second-order valence-electron chi connectivity index (χ2n) is 7.74. The van der Waals surface area contributed by atoms with Gasteiger partial charge in [-0.15, -0.1) is 0 Å². The van der Waals surface area contributed by atoms with Crippen LogP contribution in [-0.2, 0) is 14.8 Å². The molecule has 8 nitrogen and oxygen atoms in total. The summed E-state index contributed by atoms with van der Waals surface area (Å²) in [6.07, 6.45) is -1.00. The molecule has 1 amide bonds. The topological polar surface area (TPSA) is 94.2 Å².